The molecule has 0 aliphatic rings. The second-order valence-electron chi connectivity index (χ2n) is 14.9. The second kappa shape index (κ2) is 12.5. The van der Waals surface area contributed by atoms with Crippen molar-refractivity contribution in [3.8, 4) is 28.6 Å². The van der Waals surface area contributed by atoms with Crippen molar-refractivity contribution in [2.45, 2.75) is 6.18 Å². The minimum atomic E-state index is -4.77. The quantitative estimate of drug-likeness (QED) is 0.164. The van der Waals surface area contributed by atoms with Gasteiger partial charge in [-0.05, 0) is 47.5 Å². The summed E-state index contributed by atoms with van der Waals surface area (Å²) in [6.07, 6.45) is -4.77. The van der Waals surface area contributed by atoms with Crippen molar-refractivity contribution in [3.05, 3.63) is 174 Å². The van der Waals surface area contributed by atoms with Crippen LogP contribution in [0, 0.1) is 17.9 Å². The van der Waals surface area contributed by atoms with E-state index in [4.69, 9.17) is 6.57 Å². The summed E-state index contributed by atoms with van der Waals surface area (Å²) >= 11 is 3.31. The van der Waals surface area contributed by atoms with Crippen LogP contribution in [0.1, 0.15) is 11.1 Å². The first kappa shape index (κ1) is 34.6. The fourth-order valence-electron chi connectivity index (χ4n) is 9.36. The Balaban J connectivity index is 1.32. The van der Waals surface area contributed by atoms with E-state index in [1.807, 2.05) is 72.8 Å². The van der Waals surface area contributed by atoms with Crippen LogP contribution < -0.4 is 0 Å². The summed E-state index contributed by atoms with van der Waals surface area (Å²) in [5, 5.41) is 19.7. The zero-order valence-corrected chi connectivity index (χ0v) is 32.8. The van der Waals surface area contributed by atoms with Crippen LogP contribution in [0.15, 0.2) is 152 Å². The van der Waals surface area contributed by atoms with Gasteiger partial charge in [0.15, 0.2) is 5.69 Å². The Morgan fingerprint density at radius 3 is 1.48 bits per heavy atom. The molecule has 0 saturated heterocycles. The highest BCUT2D eigenvalue weighted by molar-refractivity contribution is 7.27. The lowest BCUT2D eigenvalue weighted by Crippen LogP contribution is -2.09. The van der Waals surface area contributed by atoms with Crippen molar-refractivity contribution in [1.29, 1.82) is 5.26 Å². The summed E-state index contributed by atoms with van der Waals surface area (Å²) < 4.78 is 53.8. The van der Waals surface area contributed by atoms with Gasteiger partial charge >= 0.3 is 6.18 Å². The lowest BCUT2D eigenvalue weighted by molar-refractivity contribution is -0.137. The van der Waals surface area contributed by atoms with E-state index in [0.29, 0.717) is 11.4 Å². The summed E-state index contributed by atoms with van der Waals surface area (Å²) in [6.45, 7) is 8.12. The zero-order valence-electron chi connectivity index (χ0n) is 31.2. The number of nitriles is 1. The van der Waals surface area contributed by atoms with E-state index in [2.05, 4.69) is 68.6 Å². The zero-order chi connectivity index (χ0) is 40.4. The van der Waals surface area contributed by atoms with E-state index in [0.717, 1.165) is 90.0 Å². The number of halogens is 3. The molecule has 0 unspecified atom stereocenters. The highest BCUT2D eigenvalue weighted by atomic mass is 32.1. The van der Waals surface area contributed by atoms with Gasteiger partial charge in [0, 0.05) is 52.5 Å². The predicted octanol–water partition coefficient (Wildman–Crippen LogP) is 15.7. The average molecular weight is 815 g/mol. The van der Waals surface area contributed by atoms with Crippen molar-refractivity contribution in [3.63, 3.8) is 0 Å². The number of thiophene rings is 2. The van der Waals surface area contributed by atoms with Crippen LogP contribution in [0.5, 0.6) is 0 Å². The Hall–Kier alpha value is -7.43. The van der Waals surface area contributed by atoms with Crippen LogP contribution in [0.4, 0.5) is 18.9 Å². The number of fused-ring (bicyclic) bond motifs is 14. The lowest BCUT2D eigenvalue weighted by Gasteiger charge is -2.21. The van der Waals surface area contributed by atoms with E-state index in [1.54, 1.807) is 34.8 Å². The maximum Gasteiger partial charge on any atom is 0.415 e. The number of alkyl halides is 3. The molecule has 4 aromatic heterocycles. The first-order valence-electron chi connectivity index (χ1n) is 19.2. The molecule has 60 heavy (non-hydrogen) atoms. The number of benzene rings is 8. The van der Waals surface area contributed by atoms with E-state index in [1.165, 1.54) is 12.1 Å². The van der Waals surface area contributed by atoms with Crippen LogP contribution in [-0.2, 0) is 6.18 Å². The third-order valence-corrected chi connectivity index (χ3v) is 14.2. The van der Waals surface area contributed by atoms with Gasteiger partial charge in [-0.25, -0.2) is 4.85 Å². The minimum absolute atomic E-state index is 0.130. The third-order valence-electron chi connectivity index (χ3n) is 11.8. The standard InChI is InChI=1S/C51H25F3N4S2/c1-56-39-16-10-15-38(51(52,53)54)46(39)28-25-42(57-40-17-6-2-11-29(40)33-21-23-35-31-13-4-8-19-44(31)59-49(35)47(33)57)37(27-55)43(26-28)58-41-18-7-3-12-30(41)34-22-24-36-32-14-5-9-20-45(32)60-50(36)48(34)58/h2-26H. The topological polar surface area (TPSA) is 38.0 Å². The van der Waals surface area contributed by atoms with Crippen molar-refractivity contribution in [2.75, 3.05) is 0 Å². The average Bonchev–Trinajstić information content (AvgIpc) is 4.03. The number of aromatic nitrogens is 2. The Morgan fingerprint density at radius 1 is 0.533 bits per heavy atom. The predicted molar refractivity (Wildman–Crippen MR) is 242 cm³/mol. The van der Waals surface area contributed by atoms with Gasteiger partial charge in [0.05, 0.1) is 55.0 Å². The number of hydrogen-bond donors (Lipinski definition) is 0. The van der Waals surface area contributed by atoms with Gasteiger partial charge in [0.1, 0.15) is 11.6 Å². The normalized spacial score (nSPS) is 12.2. The molecule has 282 valence electrons. The summed E-state index contributed by atoms with van der Waals surface area (Å²) in [7, 11) is 0. The van der Waals surface area contributed by atoms with Crippen molar-refractivity contribution < 1.29 is 13.2 Å². The summed E-state index contributed by atoms with van der Waals surface area (Å²) in [4.78, 5) is 3.65. The molecular weight excluding hydrogens is 790 g/mol. The van der Waals surface area contributed by atoms with Crippen LogP contribution in [0.3, 0.4) is 0 Å². The Labute approximate surface area is 347 Å². The molecule has 12 rings (SSSR count). The van der Waals surface area contributed by atoms with E-state index >= 15 is 13.2 Å². The third kappa shape index (κ3) is 4.70. The van der Waals surface area contributed by atoms with Crippen molar-refractivity contribution in [1.82, 2.24) is 9.13 Å². The number of nitrogens with zero attached hydrogens (tertiary/aromatic N) is 4. The molecule has 0 N–H and O–H groups in total. The number of rotatable bonds is 3. The molecule has 9 heteroatoms. The summed E-state index contributed by atoms with van der Waals surface area (Å²) in [5.74, 6) is 0. The SMILES string of the molecule is [C-]#[N+]c1cccc(C(F)(F)F)c1-c1cc(-n2c3ccccc3c3ccc4c5ccccc5sc4c32)c(C#N)c(-n2c3ccccc3c3ccc4c5ccccc5sc4c32)c1. The number of para-hydroxylation sites is 2. The van der Waals surface area contributed by atoms with E-state index < -0.39 is 11.7 Å². The maximum absolute atomic E-state index is 15.2. The molecule has 4 nitrogen and oxygen atoms in total. The highest BCUT2D eigenvalue weighted by Crippen LogP contribution is 2.49. The van der Waals surface area contributed by atoms with Crippen LogP contribution in [-0.4, -0.2) is 9.13 Å². The fraction of sp³-hybridized carbons (Fsp3) is 0.0196. The van der Waals surface area contributed by atoms with Crippen LogP contribution in [0.2, 0.25) is 0 Å². The molecule has 8 aromatic carbocycles. The highest BCUT2D eigenvalue weighted by Gasteiger charge is 2.35. The fourth-order valence-corrected chi connectivity index (χ4v) is 11.8. The molecule has 4 heterocycles. The maximum atomic E-state index is 15.2. The second-order valence-corrected chi connectivity index (χ2v) is 17.0. The van der Waals surface area contributed by atoms with Gasteiger partial charge in [0.2, 0.25) is 0 Å². The molecule has 12 aromatic rings. The van der Waals surface area contributed by atoms with Crippen molar-refractivity contribution in [2.24, 2.45) is 0 Å². The molecular formula is C51H25F3N4S2. The Morgan fingerprint density at radius 2 is 1.00 bits per heavy atom. The first-order chi connectivity index (χ1) is 29.3. The minimum Gasteiger partial charge on any atom is -0.306 e. The Bertz CT molecular complexity index is 3710. The molecule has 0 radical (unpaired) electrons. The summed E-state index contributed by atoms with van der Waals surface area (Å²) in [5.41, 5.74) is 3.36. The monoisotopic (exact) mass is 814 g/mol. The van der Waals surface area contributed by atoms with Crippen LogP contribution in [0.25, 0.3) is 111 Å². The van der Waals surface area contributed by atoms with Gasteiger partial charge in [-0.1, -0.05) is 115 Å². The molecule has 0 saturated carbocycles. The smallest absolute Gasteiger partial charge is 0.306 e. The number of hydrogen-bond acceptors (Lipinski definition) is 3. The molecule has 0 fully saturated rings. The molecule has 0 aliphatic carbocycles. The van der Waals surface area contributed by atoms with Crippen LogP contribution >= 0.6 is 22.7 Å². The largest absolute Gasteiger partial charge is 0.415 e. The lowest BCUT2D eigenvalue weighted by atomic mass is 9.94. The van der Waals surface area contributed by atoms with Gasteiger partial charge in [-0.15, -0.1) is 22.7 Å². The molecule has 0 bridgehead atoms. The molecule has 0 atom stereocenters. The van der Waals surface area contributed by atoms with E-state index in [-0.39, 0.29) is 22.4 Å². The summed E-state index contributed by atoms with van der Waals surface area (Å²) in [6, 6.07) is 50.5. The molecule has 0 amide bonds. The van der Waals surface area contributed by atoms with Crippen molar-refractivity contribution >= 4 is 112 Å². The van der Waals surface area contributed by atoms with Gasteiger partial charge in [-0.3, -0.25) is 0 Å². The first-order valence-corrected chi connectivity index (χ1v) is 20.8. The Kier molecular flexibility index (Phi) is 7.23. The van der Waals surface area contributed by atoms with Gasteiger partial charge in [0.25, 0.3) is 0 Å². The molecule has 0 spiro atoms. The van der Waals surface area contributed by atoms with Gasteiger partial charge < -0.3 is 9.13 Å². The van der Waals surface area contributed by atoms with E-state index in [9.17, 15) is 5.26 Å². The van der Waals surface area contributed by atoms with Gasteiger partial charge in [-0.2, -0.15) is 18.4 Å². The molecule has 0 aliphatic heterocycles.